The summed E-state index contributed by atoms with van der Waals surface area (Å²) in [6.45, 7) is 5.18. The maximum absolute atomic E-state index is 13.2. The van der Waals surface area contributed by atoms with Gasteiger partial charge < -0.3 is 19.0 Å². The molecule has 4 heterocycles. The average molecular weight is 354 g/mol. The largest absolute Gasteiger partial charge is 0.486 e. The second-order valence-electron chi connectivity index (χ2n) is 7.64. The van der Waals surface area contributed by atoms with Gasteiger partial charge in [-0.15, -0.1) is 0 Å². The van der Waals surface area contributed by atoms with E-state index in [1.165, 1.54) is 12.0 Å². The third-order valence-electron chi connectivity index (χ3n) is 5.52. The Morgan fingerprint density at radius 3 is 2.77 bits per heavy atom. The monoisotopic (exact) mass is 354 g/mol. The molecule has 0 saturated carbocycles. The summed E-state index contributed by atoms with van der Waals surface area (Å²) >= 11 is 0. The Balaban J connectivity index is 1.47. The lowest BCUT2D eigenvalue weighted by molar-refractivity contribution is 0.0582. The molecule has 3 aliphatic heterocycles. The molecule has 3 aliphatic rings. The molecule has 2 atom stereocenters. The SMILES string of the molecule is Cc1ccc(OCc2occc2C(=O)N2C[C@H]3CC[C@@H]2CN(C)C3)cc1. The van der Waals surface area contributed by atoms with E-state index in [-0.39, 0.29) is 12.5 Å². The van der Waals surface area contributed by atoms with Crippen LogP contribution in [0.15, 0.2) is 41.0 Å². The van der Waals surface area contributed by atoms with E-state index in [1.807, 2.05) is 31.2 Å². The van der Waals surface area contributed by atoms with Gasteiger partial charge >= 0.3 is 0 Å². The molecule has 0 radical (unpaired) electrons. The molecule has 1 aromatic carbocycles. The van der Waals surface area contributed by atoms with Crippen molar-refractivity contribution in [2.75, 3.05) is 26.7 Å². The van der Waals surface area contributed by atoms with Gasteiger partial charge in [-0.3, -0.25) is 4.79 Å². The van der Waals surface area contributed by atoms with E-state index in [9.17, 15) is 4.79 Å². The van der Waals surface area contributed by atoms with Crippen LogP contribution in [0, 0.1) is 12.8 Å². The summed E-state index contributed by atoms with van der Waals surface area (Å²) in [7, 11) is 2.15. The highest BCUT2D eigenvalue weighted by Crippen LogP contribution is 2.29. The number of furan rings is 1. The number of piperidine rings is 1. The minimum absolute atomic E-state index is 0.0752. The summed E-state index contributed by atoms with van der Waals surface area (Å²) in [5.74, 6) is 2.03. The molecule has 1 aromatic heterocycles. The van der Waals surface area contributed by atoms with Crippen molar-refractivity contribution >= 4 is 5.91 Å². The van der Waals surface area contributed by atoms with E-state index in [0.29, 0.717) is 23.3 Å². The van der Waals surface area contributed by atoms with Gasteiger partial charge in [0.1, 0.15) is 12.4 Å². The number of hydrogen-bond donors (Lipinski definition) is 0. The highest BCUT2D eigenvalue weighted by molar-refractivity contribution is 5.95. The van der Waals surface area contributed by atoms with Crippen molar-refractivity contribution in [2.45, 2.75) is 32.4 Å². The predicted molar refractivity (Wildman–Crippen MR) is 99.3 cm³/mol. The molecule has 138 valence electrons. The van der Waals surface area contributed by atoms with Crippen molar-refractivity contribution in [3.05, 3.63) is 53.5 Å². The molecule has 1 amide bonds. The first-order valence-electron chi connectivity index (χ1n) is 9.35. The van der Waals surface area contributed by atoms with Crippen molar-refractivity contribution in [1.82, 2.24) is 9.80 Å². The Hall–Kier alpha value is -2.27. The van der Waals surface area contributed by atoms with Gasteiger partial charge in [-0.05, 0) is 50.9 Å². The summed E-state index contributed by atoms with van der Waals surface area (Å²) in [5.41, 5.74) is 1.82. The standard InChI is InChI=1S/C21H26N2O3/c1-15-3-7-18(8-4-15)26-14-20-19(9-10-25-20)21(24)23-12-16-5-6-17(23)13-22(2)11-16/h3-4,7-10,16-17H,5-6,11-14H2,1-2H3/t16-,17+/m0/s1. The van der Waals surface area contributed by atoms with Gasteiger partial charge in [0.05, 0.1) is 11.8 Å². The molecule has 5 rings (SSSR count). The lowest BCUT2D eigenvalue weighted by Gasteiger charge is -2.36. The number of rotatable bonds is 4. The first-order valence-corrected chi connectivity index (χ1v) is 9.35. The fourth-order valence-corrected chi connectivity index (χ4v) is 4.15. The Kier molecular flexibility index (Phi) is 4.72. The van der Waals surface area contributed by atoms with E-state index < -0.39 is 0 Å². The molecular weight excluding hydrogens is 328 g/mol. The first-order chi connectivity index (χ1) is 12.6. The molecule has 2 aromatic rings. The maximum Gasteiger partial charge on any atom is 0.257 e. The minimum atomic E-state index is 0.0752. The van der Waals surface area contributed by atoms with Crippen molar-refractivity contribution in [2.24, 2.45) is 5.92 Å². The second kappa shape index (κ2) is 7.16. The van der Waals surface area contributed by atoms with Crippen LogP contribution in [0.25, 0.3) is 0 Å². The lowest BCUT2D eigenvalue weighted by atomic mass is 9.94. The Labute approximate surface area is 154 Å². The topological polar surface area (TPSA) is 45.9 Å². The maximum atomic E-state index is 13.2. The summed E-state index contributed by atoms with van der Waals surface area (Å²) < 4.78 is 11.4. The van der Waals surface area contributed by atoms with Gasteiger partial charge in [0, 0.05) is 25.7 Å². The number of aryl methyl sites for hydroxylation is 1. The Bertz CT molecular complexity index is 768. The van der Waals surface area contributed by atoms with E-state index in [0.717, 1.165) is 31.8 Å². The second-order valence-corrected chi connectivity index (χ2v) is 7.64. The van der Waals surface area contributed by atoms with Crippen LogP contribution in [0.3, 0.4) is 0 Å². The van der Waals surface area contributed by atoms with Gasteiger partial charge in [-0.25, -0.2) is 0 Å². The number of likely N-dealkylation sites (N-methyl/N-ethyl adjacent to an activating group) is 1. The van der Waals surface area contributed by atoms with Crippen molar-refractivity contribution in [3.8, 4) is 5.75 Å². The van der Waals surface area contributed by atoms with E-state index in [1.54, 1.807) is 12.3 Å². The molecule has 2 bridgehead atoms. The molecule has 3 saturated heterocycles. The number of ether oxygens (including phenoxy) is 1. The number of carbonyl (C=O) groups excluding carboxylic acids is 1. The zero-order chi connectivity index (χ0) is 18.1. The van der Waals surface area contributed by atoms with Crippen LogP contribution < -0.4 is 4.74 Å². The Morgan fingerprint density at radius 2 is 1.96 bits per heavy atom. The van der Waals surface area contributed by atoms with Gasteiger partial charge in [-0.1, -0.05) is 17.7 Å². The van der Waals surface area contributed by atoms with Gasteiger partial charge in [0.25, 0.3) is 5.91 Å². The molecule has 26 heavy (non-hydrogen) atoms. The smallest absolute Gasteiger partial charge is 0.257 e. The fourth-order valence-electron chi connectivity index (χ4n) is 4.15. The molecular formula is C21H26N2O3. The van der Waals surface area contributed by atoms with Crippen molar-refractivity contribution in [3.63, 3.8) is 0 Å². The molecule has 5 nitrogen and oxygen atoms in total. The average Bonchev–Trinajstić information content (AvgIpc) is 2.95. The summed E-state index contributed by atoms with van der Waals surface area (Å²) in [4.78, 5) is 17.6. The number of nitrogens with zero attached hydrogens (tertiary/aromatic N) is 2. The summed E-state index contributed by atoms with van der Waals surface area (Å²) in [6.07, 6.45) is 3.89. The van der Waals surface area contributed by atoms with E-state index in [2.05, 4.69) is 16.8 Å². The number of amides is 1. The van der Waals surface area contributed by atoms with Gasteiger partial charge in [-0.2, -0.15) is 0 Å². The molecule has 3 fully saturated rings. The molecule has 0 unspecified atom stereocenters. The number of carbonyl (C=O) groups is 1. The summed E-state index contributed by atoms with van der Waals surface area (Å²) in [5, 5.41) is 0. The third kappa shape index (κ3) is 3.49. The van der Waals surface area contributed by atoms with E-state index >= 15 is 0 Å². The van der Waals surface area contributed by atoms with E-state index in [4.69, 9.17) is 9.15 Å². The van der Waals surface area contributed by atoms with Gasteiger partial charge in [0.15, 0.2) is 5.76 Å². The third-order valence-corrected chi connectivity index (χ3v) is 5.52. The zero-order valence-corrected chi connectivity index (χ0v) is 15.5. The Morgan fingerprint density at radius 1 is 1.15 bits per heavy atom. The van der Waals surface area contributed by atoms with Crippen LogP contribution in [-0.2, 0) is 6.61 Å². The van der Waals surface area contributed by atoms with Crippen LogP contribution in [-0.4, -0.2) is 48.4 Å². The van der Waals surface area contributed by atoms with Crippen molar-refractivity contribution < 1.29 is 13.9 Å². The summed E-state index contributed by atoms with van der Waals surface area (Å²) in [6, 6.07) is 9.96. The first kappa shape index (κ1) is 17.2. The number of benzene rings is 1. The van der Waals surface area contributed by atoms with Crippen LogP contribution >= 0.6 is 0 Å². The van der Waals surface area contributed by atoms with Crippen LogP contribution in [0.5, 0.6) is 5.75 Å². The number of fused-ring (bicyclic) bond motifs is 4. The quantitative estimate of drug-likeness (QED) is 0.845. The normalized spacial score (nSPS) is 23.1. The molecule has 0 N–H and O–H groups in total. The van der Waals surface area contributed by atoms with Crippen molar-refractivity contribution in [1.29, 1.82) is 0 Å². The number of hydrogen-bond acceptors (Lipinski definition) is 4. The van der Waals surface area contributed by atoms with Crippen LogP contribution in [0.1, 0.15) is 34.5 Å². The zero-order valence-electron chi connectivity index (χ0n) is 15.5. The van der Waals surface area contributed by atoms with Gasteiger partial charge in [0.2, 0.25) is 0 Å². The van der Waals surface area contributed by atoms with Crippen LogP contribution in [0.2, 0.25) is 0 Å². The van der Waals surface area contributed by atoms with Crippen LogP contribution in [0.4, 0.5) is 0 Å². The minimum Gasteiger partial charge on any atom is -0.486 e. The molecule has 5 heteroatoms. The lowest BCUT2D eigenvalue weighted by Crippen LogP contribution is -2.47. The molecule has 0 aliphatic carbocycles. The highest BCUT2D eigenvalue weighted by atomic mass is 16.5. The predicted octanol–water partition coefficient (Wildman–Crippen LogP) is 3.33. The fraction of sp³-hybridized carbons (Fsp3) is 0.476. The molecule has 0 spiro atoms. The highest BCUT2D eigenvalue weighted by Gasteiger charge is 2.37.